The molecule has 0 aromatic carbocycles. The first kappa shape index (κ1) is 13.1. The Labute approximate surface area is 96.1 Å². The quantitative estimate of drug-likeness (QED) is 0.762. The summed E-state index contributed by atoms with van der Waals surface area (Å²) >= 11 is 0. The van der Waals surface area contributed by atoms with Crippen LogP contribution in [0.2, 0.25) is 0 Å². The zero-order valence-electron chi connectivity index (χ0n) is 10.00. The highest BCUT2D eigenvalue weighted by Gasteiger charge is 2.15. The number of nitrogens with one attached hydrogen (secondary N) is 1. The Balaban J connectivity index is 2.23. The molecule has 1 saturated heterocycles. The van der Waals surface area contributed by atoms with Gasteiger partial charge in [0.2, 0.25) is 0 Å². The van der Waals surface area contributed by atoms with Gasteiger partial charge < -0.3 is 10.2 Å². The van der Waals surface area contributed by atoms with Crippen LogP contribution in [0.4, 0.5) is 0 Å². The van der Waals surface area contributed by atoms with E-state index >= 15 is 0 Å². The minimum atomic E-state index is -0.627. The van der Waals surface area contributed by atoms with Crippen molar-refractivity contribution in [3.05, 3.63) is 0 Å². The van der Waals surface area contributed by atoms with Gasteiger partial charge in [-0.2, -0.15) is 0 Å². The summed E-state index contributed by atoms with van der Waals surface area (Å²) in [4.78, 5) is 2.51. The summed E-state index contributed by atoms with van der Waals surface area (Å²) in [5.41, 5.74) is 0. The SMILES string of the molecule is CCC1CN(CCCS(C)=O)CCCN1. The lowest BCUT2D eigenvalue weighted by atomic mass is 10.2. The third-order valence-electron chi connectivity index (χ3n) is 2.96. The molecule has 3 nitrogen and oxygen atoms in total. The second-order valence-electron chi connectivity index (χ2n) is 4.34. The van der Waals surface area contributed by atoms with Crippen LogP contribution in [0.3, 0.4) is 0 Å². The fourth-order valence-corrected chi connectivity index (χ4v) is 2.58. The zero-order chi connectivity index (χ0) is 11.1. The molecule has 0 aromatic rings. The fourth-order valence-electron chi connectivity index (χ4n) is 2.04. The van der Waals surface area contributed by atoms with Crippen LogP contribution in [0.5, 0.6) is 0 Å². The Kier molecular flexibility index (Phi) is 6.45. The molecule has 1 rings (SSSR count). The molecule has 0 spiro atoms. The van der Waals surface area contributed by atoms with Crippen molar-refractivity contribution in [1.82, 2.24) is 10.2 Å². The minimum Gasteiger partial charge on any atom is -0.313 e. The predicted molar refractivity (Wildman–Crippen MR) is 66.7 cm³/mol. The molecule has 1 aliphatic heterocycles. The molecule has 1 fully saturated rings. The van der Waals surface area contributed by atoms with Crippen molar-refractivity contribution >= 4 is 10.8 Å². The zero-order valence-corrected chi connectivity index (χ0v) is 10.8. The fraction of sp³-hybridized carbons (Fsp3) is 1.00. The van der Waals surface area contributed by atoms with E-state index < -0.39 is 10.8 Å². The molecule has 90 valence electrons. The van der Waals surface area contributed by atoms with Crippen LogP contribution in [-0.2, 0) is 10.8 Å². The van der Waals surface area contributed by atoms with Crippen LogP contribution < -0.4 is 5.32 Å². The van der Waals surface area contributed by atoms with Crippen molar-refractivity contribution in [2.45, 2.75) is 32.2 Å². The molecule has 1 N–H and O–H groups in total. The molecule has 15 heavy (non-hydrogen) atoms. The Morgan fingerprint density at radius 1 is 1.53 bits per heavy atom. The number of nitrogens with zero attached hydrogens (tertiary/aromatic N) is 1. The maximum atomic E-state index is 11.0. The Hall–Kier alpha value is 0.0700. The molecule has 0 aliphatic carbocycles. The molecule has 1 aliphatic rings. The molecular formula is C11H24N2OS. The van der Waals surface area contributed by atoms with Crippen LogP contribution in [0.15, 0.2) is 0 Å². The third-order valence-corrected chi connectivity index (χ3v) is 3.83. The summed E-state index contributed by atoms with van der Waals surface area (Å²) in [6, 6.07) is 0.652. The van der Waals surface area contributed by atoms with Crippen LogP contribution in [-0.4, -0.2) is 53.3 Å². The largest absolute Gasteiger partial charge is 0.313 e. The predicted octanol–water partition coefficient (Wildman–Crippen LogP) is 0.829. The van der Waals surface area contributed by atoms with Gasteiger partial charge in [0, 0.05) is 35.4 Å². The van der Waals surface area contributed by atoms with Crippen molar-refractivity contribution < 1.29 is 4.21 Å². The Bertz CT molecular complexity index is 199. The first-order chi connectivity index (χ1) is 7.22. The summed E-state index contributed by atoms with van der Waals surface area (Å²) in [7, 11) is -0.627. The number of hydrogen-bond donors (Lipinski definition) is 1. The van der Waals surface area contributed by atoms with Crippen molar-refractivity contribution in [3.8, 4) is 0 Å². The minimum absolute atomic E-state index is 0.627. The monoisotopic (exact) mass is 232 g/mol. The lowest BCUT2D eigenvalue weighted by Crippen LogP contribution is -2.37. The van der Waals surface area contributed by atoms with Gasteiger partial charge in [0.15, 0.2) is 0 Å². The lowest BCUT2D eigenvalue weighted by Gasteiger charge is -2.23. The highest BCUT2D eigenvalue weighted by molar-refractivity contribution is 7.84. The van der Waals surface area contributed by atoms with Crippen LogP contribution in [0, 0.1) is 0 Å². The van der Waals surface area contributed by atoms with Crippen LogP contribution in [0.1, 0.15) is 26.2 Å². The van der Waals surface area contributed by atoms with E-state index in [0.717, 1.165) is 31.8 Å². The summed E-state index contributed by atoms with van der Waals surface area (Å²) in [6.07, 6.45) is 5.31. The van der Waals surface area contributed by atoms with Gasteiger partial charge in [0.1, 0.15) is 0 Å². The van der Waals surface area contributed by atoms with E-state index in [-0.39, 0.29) is 0 Å². The van der Waals surface area contributed by atoms with Gasteiger partial charge in [-0.3, -0.25) is 4.21 Å². The van der Waals surface area contributed by atoms with Gasteiger partial charge in [-0.1, -0.05) is 6.92 Å². The summed E-state index contributed by atoms with van der Waals surface area (Å²) in [5, 5.41) is 3.56. The molecular weight excluding hydrogens is 208 g/mol. The van der Waals surface area contributed by atoms with Crippen molar-refractivity contribution in [1.29, 1.82) is 0 Å². The number of rotatable bonds is 5. The number of hydrogen-bond acceptors (Lipinski definition) is 3. The van der Waals surface area contributed by atoms with Gasteiger partial charge in [0.05, 0.1) is 0 Å². The first-order valence-corrected chi connectivity index (χ1v) is 7.71. The standard InChI is InChI=1S/C11H24N2OS/c1-3-11-10-13(7-4-6-12-11)8-5-9-15(2)14/h11-12H,3-10H2,1-2H3. The molecule has 0 radical (unpaired) electrons. The maximum Gasteiger partial charge on any atom is 0.0244 e. The molecule has 0 saturated carbocycles. The molecule has 0 bridgehead atoms. The maximum absolute atomic E-state index is 11.0. The van der Waals surface area contributed by atoms with Gasteiger partial charge in [-0.05, 0) is 38.9 Å². The van der Waals surface area contributed by atoms with E-state index in [2.05, 4.69) is 17.1 Å². The Morgan fingerprint density at radius 3 is 3.00 bits per heavy atom. The van der Waals surface area contributed by atoms with E-state index in [1.54, 1.807) is 6.26 Å². The molecule has 4 heteroatoms. The highest BCUT2D eigenvalue weighted by atomic mass is 32.2. The average Bonchev–Trinajstić information content (AvgIpc) is 2.42. The van der Waals surface area contributed by atoms with E-state index in [9.17, 15) is 4.21 Å². The van der Waals surface area contributed by atoms with Crippen molar-refractivity contribution in [2.24, 2.45) is 0 Å². The normalized spacial score (nSPS) is 26.1. The lowest BCUT2D eigenvalue weighted by molar-refractivity contribution is 0.266. The van der Waals surface area contributed by atoms with Gasteiger partial charge in [-0.15, -0.1) is 0 Å². The van der Waals surface area contributed by atoms with Gasteiger partial charge in [-0.25, -0.2) is 0 Å². The molecule has 1 heterocycles. The highest BCUT2D eigenvalue weighted by Crippen LogP contribution is 2.04. The summed E-state index contributed by atoms with van der Waals surface area (Å²) < 4.78 is 11.0. The smallest absolute Gasteiger partial charge is 0.0244 e. The molecule has 2 unspecified atom stereocenters. The van der Waals surface area contributed by atoms with Crippen LogP contribution in [0.25, 0.3) is 0 Å². The van der Waals surface area contributed by atoms with E-state index in [1.807, 2.05) is 0 Å². The van der Waals surface area contributed by atoms with Gasteiger partial charge >= 0.3 is 0 Å². The average molecular weight is 232 g/mol. The second-order valence-corrected chi connectivity index (χ2v) is 5.90. The van der Waals surface area contributed by atoms with E-state index in [0.29, 0.717) is 6.04 Å². The van der Waals surface area contributed by atoms with E-state index in [1.165, 1.54) is 19.4 Å². The molecule has 2 atom stereocenters. The van der Waals surface area contributed by atoms with Gasteiger partial charge in [0.25, 0.3) is 0 Å². The third kappa shape index (κ3) is 5.64. The molecule has 0 amide bonds. The molecule has 0 aromatic heterocycles. The van der Waals surface area contributed by atoms with Crippen molar-refractivity contribution in [2.75, 3.05) is 38.2 Å². The van der Waals surface area contributed by atoms with Crippen LogP contribution >= 0.6 is 0 Å². The Morgan fingerprint density at radius 2 is 2.33 bits per heavy atom. The summed E-state index contributed by atoms with van der Waals surface area (Å²) in [6.45, 7) is 6.85. The topological polar surface area (TPSA) is 32.3 Å². The van der Waals surface area contributed by atoms with Crippen molar-refractivity contribution in [3.63, 3.8) is 0 Å². The van der Waals surface area contributed by atoms with E-state index in [4.69, 9.17) is 0 Å². The summed E-state index contributed by atoms with van der Waals surface area (Å²) in [5.74, 6) is 0.848. The first-order valence-electron chi connectivity index (χ1n) is 5.98. The second kappa shape index (κ2) is 7.36.